The number of nitrogens with zero attached hydrogens (tertiary/aromatic N) is 2. The quantitative estimate of drug-likeness (QED) is 0.485. The Morgan fingerprint density at radius 3 is 2.89 bits per heavy atom. The summed E-state index contributed by atoms with van der Waals surface area (Å²) >= 11 is 7.53. The van der Waals surface area contributed by atoms with Gasteiger partial charge in [-0.15, -0.1) is 0 Å². The van der Waals surface area contributed by atoms with Crippen LogP contribution < -0.4 is 20.6 Å². The van der Waals surface area contributed by atoms with Crippen LogP contribution in [0.4, 0.5) is 5.13 Å². The molecule has 1 aromatic heterocycles. The Balaban J connectivity index is 1.65. The molecule has 0 saturated heterocycles. The zero-order chi connectivity index (χ0) is 19.4. The molecule has 2 aromatic carbocycles. The van der Waals surface area contributed by atoms with Crippen molar-refractivity contribution < 1.29 is 14.3 Å². The molecule has 7 nitrogen and oxygen atoms in total. The van der Waals surface area contributed by atoms with Gasteiger partial charge in [0.15, 0.2) is 16.6 Å². The van der Waals surface area contributed by atoms with Crippen molar-refractivity contribution in [1.29, 1.82) is 0 Å². The number of nitrogens with one attached hydrogen (secondary N) is 1. The number of anilines is 1. The van der Waals surface area contributed by atoms with Gasteiger partial charge in [0.1, 0.15) is 0 Å². The number of carbonyl (C=O) groups excluding carboxylic acids is 1. The largest absolute Gasteiger partial charge is 0.493 e. The monoisotopic (exact) mass is 404 g/mol. The maximum Gasteiger partial charge on any atom is 0.244 e. The molecule has 3 aromatic rings. The van der Waals surface area contributed by atoms with Crippen LogP contribution in [0, 0.1) is 0 Å². The zero-order valence-corrected chi connectivity index (χ0v) is 16.2. The molecule has 1 amide bonds. The van der Waals surface area contributed by atoms with Crippen LogP contribution in [0.2, 0.25) is 5.02 Å². The lowest BCUT2D eigenvalue weighted by Gasteiger charge is -2.09. The smallest absolute Gasteiger partial charge is 0.244 e. The molecule has 0 aliphatic rings. The van der Waals surface area contributed by atoms with Crippen LogP contribution in [-0.4, -0.2) is 31.3 Å². The van der Waals surface area contributed by atoms with E-state index in [-0.39, 0.29) is 12.3 Å². The summed E-state index contributed by atoms with van der Waals surface area (Å²) in [6, 6.07) is 8.97. The number of nitrogen functional groups attached to an aromatic ring is 1. The number of nitrogens with two attached hydrogens (primary N) is 1. The highest BCUT2D eigenvalue weighted by molar-refractivity contribution is 7.22. The van der Waals surface area contributed by atoms with Crippen molar-refractivity contribution in [1.82, 2.24) is 10.4 Å². The van der Waals surface area contributed by atoms with Gasteiger partial charge >= 0.3 is 0 Å². The number of thiazole rings is 1. The molecule has 1 heterocycles. The molecule has 0 fully saturated rings. The first-order valence-electron chi connectivity index (χ1n) is 7.88. The fourth-order valence-corrected chi connectivity index (χ4v) is 3.61. The summed E-state index contributed by atoms with van der Waals surface area (Å²) in [4.78, 5) is 16.3. The molecule has 140 valence electrons. The Bertz CT molecular complexity index is 1020. The van der Waals surface area contributed by atoms with E-state index in [4.69, 9.17) is 26.8 Å². The van der Waals surface area contributed by atoms with E-state index in [1.165, 1.54) is 31.8 Å². The Morgan fingerprint density at radius 2 is 2.15 bits per heavy atom. The molecule has 3 N–H and O–H groups in total. The van der Waals surface area contributed by atoms with Gasteiger partial charge < -0.3 is 15.2 Å². The standard InChI is InChI=1S/C18H17ClN4O3S/c1-25-14-6-11(5-12(19)17(14)26-2)9-21-23-16(24)8-10-3-4-13-15(7-10)27-18(20)22-13/h3-7,9H,8H2,1-2H3,(H2,20,22)(H,23,24)/b21-9-. The number of hydrazone groups is 1. The Hall–Kier alpha value is -2.84. The third-order valence-electron chi connectivity index (χ3n) is 3.69. The molecule has 0 spiro atoms. The molecule has 0 bridgehead atoms. The maximum atomic E-state index is 12.1. The Morgan fingerprint density at radius 1 is 1.33 bits per heavy atom. The number of hydrogen-bond donors (Lipinski definition) is 2. The summed E-state index contributed by atoms with van der Waals surface area (Å²) in [6.07, 6.45) is 1.68. The fourth-order valence-electron chi connectivity index (χ4n) is 2.51. The molecule has 0 unspecified atom stereocenters. The molecule has 0 radical (unpaired) electrons. The van der Waals surface area contributed by atoms with Crippen molar-refractivity contribution in [3.05, 3.63) is 46.5 Å². The van der Waals surface area contributed by atoms with E-state index >= 15 is 0 Å². The number of benzene rings is 2. The molecular weight excluding hydrogens is 388 g/mol. The van der Waals surface area contributed by atoms with E-state index in [9.17, 15) is 4.79 Å². The van der Waals surface area contributed by atoms with Gasteiger partial charge in [-0.25, -0.2) is 10.4 Å². The molecule has 0 aliphatic carbocycles. The number of fused-ring (bicyclic) bond motifs is 1. The number of rotatable bonds is 6. The lowest BCUT2D eigenvalue weighted by Crippen LogP contribution is -2.19. The van der Waals surface area contributed by atoms with Crippen molar-refractivity contribution in [2.45, 2.75) is 6.42 Å². The molecule has 9 heteroatoms. The first-order valence-corrected chi connectivity index (χ1v) is 9.08. The fraction of sp³-hybridized carbons (Fsp3) is 0.167. The number of amides is 1. The molecule has 0 atom stereocenters. The second-order valence-corrected chi connectivity index (χ2v) is 7.03. The Kier molecular flexibility index (Phi) is 5.78. The summed E-state index contributed by atoms with van der Waals surface area (Å²) < 4.78 is 11.4. The third kappa shape index (κ3) is 4.47. The topological polar surface area (TPSA) is 98.8 Å². The van der Waals surface area contributed by atoms with E-state index < -0.39 is 0 Å². The van der Waals surface area contributed by atoms with Gasteiger partial charge in [-0.3, -0.25) is 4.79 Å². The number of halogens is 1. The molecule has 27 heavy (non-hydrogen) atoms. The number of ether oxygens (including phenoxy) is 2. The molecule has 0 aliphatic heterocycles. The normalized spacial score (nSPS) is 11.1. The van der Waals surface area contributed by atoms with Gasteiger partial charge in [-0.05, 0) is 35.4 Å². The van der Waals surface area contributed by atoms with E-state index in [0.717, 1.165) is 15.8 Å². The van der Waals surface area contributed by atoms with Crippen molar-refractivity contribution in [2.24, 2.45) is 5.10 Å². The molecular formula is C18H17ClN4O3S. The minimum absolute atomic E-state index is 0.192. The lowest BCUT2D eigenvalue weighted by molar-refractivity contribution is -0.120. The van der Waals surface area contributed by atoms with E-state index in [2.05, 4.69) is 15.5 Å². The van der Waals surface area contributed by atoms with E-state index in [0.29, 0.717) is 27.2 Å². The van der Waals surface area contributed by atoms with Crippen LogP contribution in [0.5, 0.6) is 11.5 Å². The first-order chi connectivity index (χ1) is 13.0. The highest BCUT2D eigenvalue weighted by Crippen LogP contribution is 2.35. The van der Waals surface area contributed by atoms with Gasteiger partial charge in [0, 0.05) is 0 Å². The van der Waals surface area contributed by atoms with Crippen LogP contribution in [0.15, 0.2) is 35.4 Å². The predicted octanol–water partition coefficient (Wildman–Crippen LogP) is 3.24. The van der Waals surface area contributed by atoms with E-state index in [1.807, 2.05) is 18.2 Å². The van der Waals surface area contributed by atoms with Gasteiger partial charge in [-0.2, -0.15) is 5.10 Å². The summed E-state index contributed by atoms with van der Waals surface area (Å²) in [5.74, 6) is 0.684. The van der Waals surface area contributed by atoms with Crippen molar-refractivity contribution in [3.63, 3.8) is 0 Å². The van der Waals surface area contributed by atoms with E-state index in [1.54, 1.807) is 12.1 Å². The number of methoxy groups -OCH3 is 2. The van der Waals surface area contributed by atoms with Crippen molar-refractivity contribution in [2.75, 3.05) is 20.0 Å². The van der Waals surface area contributed by atoms with Crippen molar-refractivity contribution in [3.8, 4) is 11.5 Å². The number of hydrogen-bond acceptors (Lipinski definition) is 7. The SMILES string of the molecule is COc1cc(/C=N\NC(=O)Cc2ccc3nc(N)sc3c2)cc(Cl)c1OC. The minimum atomic E-state index is -0.241. The van der Waals surface area contributed by atoms with Crippen LogP contribution >= 0.6 is 22.9 Å². The predicted molar refractivity (Wildman–Crippen MR) is 108 cm³/mol. The first kappa shape index (κ1) is 18.9. The molecule has 3 rings (SSSR count). The summed E-state index contributed by atoms with van der Waals surface area (Å²) in [5, 5.41) is 4.86. The van der Waals surface area contributed by atoms with Gasteiger partial charge in [0.2, 0.25) is 5.91 Å². The summed E-state index contributed by atoms with van der Waals surface area (Å²) in [5.41, 5.74) is 10.5. The molecule has 0 saturated carbocycles. The van der Waals surface area contributed by atoms with Crippen LogP contribution in [0.1, 0.15) is 11.1 Å². The zero-order valence-electron chi connectivity index (χ0n) is 14.7. The van der Waals surface area contributed by atoms with Crippen LogP contribution in [0.3, 0.4) is 0 Å². The second-order valence-electron chi connectivity index (χ2n) is 5.56. The van der Waals surface area contributed by atoms with Gasteiger partial charge in [-0.1, -0.05) is 29.0 Å². The summed E-state index contributed by atoms with van der Waals surface area (Å²) in [7, 11) is 3.03. The van der Waals surface area contributed by atoms with Crippen LogP contribution in [-0.2, 0) is 11.2 Å². The third-order valence-corrected chi connectivity index (χ3v) is 4.82. The second kappa shape index (κ2) is 8.24. The average Bonchev–Trinajstić information content (AvgIpc) is 3.00. The van der Waals surface area contributed by atoms with Crippen LogP contribution in [0.25, 0.3) is 10.2 Å². The lowest BCUT2D eigenvalue weighted by atomic mass is 10.1. The Labute approximate surface area is 164 Å². The van der Waals surface area contributed by atoms with Gasteiger partial charge in [0.05, 0.1) is 42.1 Å². The van der Waals surface area contributed by atoms with Crippen molar-refractivity contribution >= 4 is 50.4 Å². The number of aromatic nitrogens is 1. The highest BCUT2D eigenvalue weighted by Gasteiger charge is 2.10. The number of carbonyl (C=O) groups is 1. The highest BCUT2D eigenvalue weighted by atomic mass is 35.5. The van der Waals surface area contributed by atoms with Gasteiger partial charge in [0.25, 0.3) is 0 Å². The minimum Gasteiger partial charge on any atom is -0.493 e. The summed E-state index contributed by atoms with van der Waals surface area (Å²) in [6.45, 7) is 0. The maximum absolute atomic E-state index is 12.1. The average molecular weight is 405 g/mol.